The van der Waals surface area contributed by atoms with Crippen LogP contribution in [0, 0.1) is 13.8 Å². The zero-order valence-corrected chi connectivity index (χ0v) is 10.4. The van der Waals surface area contributed by atoms with Gasteiger partial charge in [0.2, 0.25) is 5.91 Å². The number of anilines is 1. The van der Waals surface area contributed by atoms with E-state index < -0.39 is 0 Å². The molecule has 0 aliphatic carbocycles. The molecule has 1 atom stereocenters. The monoisotopic (exact) mass is 220 g/mol. The summed E-state index contributed by atoms with van der Waals surface area (Å²) in [4.78, 5) is 11.2. The molecule has 1 unspecified atom stereocenters. The third-order valence-corrected chi connectivity index (χ3v) is 2.55. The number of hydrogen-bond donors (Lipinski definition) is 2. The molecule has 0 aliphatic rings. The van der Waals surface area contributed by atoms with Gasteiger partial charge in [-0.1, -0.05) is 17.7 Å². The Balaban J connectivity index is 2.62. The zero-order valence-electron chi connectivity index (χ0n) is 10.4. The van der Waals surface area contributed by atoms with Crippen molar-refractivity contribution in [3.05, 3.63) is 29.3 Å². The topological polar surface area (TPSA) is 41.1 Å². The second-order valence-electron chi connectivity index (χ2n) is 4.24. The van der Waals surface area contributed by atoms with Crippen molar-refractivity contribution in [1.29, 1.82) is 0 Å². The lowest BCUT2D eigenvalue weighted by Crippen LogP contribution is -2.26. The van der Waals surface area contributed by atoms with E-state index in [1.54, 1.807) is 7.05 Å². The van der Waals surface area contributed by atoms with Gasteiger partial charge in [-0.05, 0) is 32.4 Å². The van der Waals surface area contributed by atoms with Gasteiger partial charge in [-0.2, -0.15) is 0 Å². The van der Waals surface area contributed by atoms with Gasteiger partial charge in [0, 0.05) is 25.2 Å². The highest BCUT2D eigenvalue weighted by Gasteiger charge is 2.08. The van der Waals surface area contributed by atoms with E-state index >= 15 is 0 Å². The lowest BCUT2D eigenvalue weighted by atomic mass is 10.1. The van der Waals surface area contributed by atoms with Gasteiger partial charge in [0.1, 0.15) is 0 Å². The van der Waals surface area contributed by atoms with Crippen LogP contribution < -0.4 is 10.6 Å². The Bertz CT molecular complexity index is 374. The van der Waals surface area contributed by atoms with Gasteiger partial charge in [-0.15, -0.1) is 0 Å². The van der Waals surface area contributed by atoms with E-state index in [1.165, 1.54) is 11.1 Å². The first kappa shape index (κ1) is 12.6. The van der Waals surface area contributed by atoms with Crippen LogP contribution in [-0.2, 0) is 4.79 Å². The minimum Gasteiger partial charge on any atom is -0.382 e. The van der Waals surface area contributed by atoms with E-state index in [0.717, 1.165) is 5.69 Å². The summed E-state index contributed by atoms with van der Waals surface area (Å²) < 4.78 is 0. The highest BCUT2D eigenvalue weighted by Crippen LogP contribution is 2.17. The summed E-state index contributed by atoms with van der Waals surface area (Å²) in [6, 6.07) is 6.41. The maximum Gasteiger partial charge on any atom is 0.221 e. The van der Waals surface area contributed by atoms with Crippen molar-refractivity contribution in [3.63, 3.8) is 0 Å². The number of amides is 1. The normalized spacial score (nSPS) is 12.0. The lowest BCUT2D eigenvalue weighted by molar-refractivity contribution is -0.120. The summed E-state index contributed by atoms with van der Waals surface area (Å²) in [5.74, 6) is 0.0600. The number of rotatable bonds is 4. The molecule has 88 valence electrons. The average molecular weight is 220 g/mol. The maximum absolute atomic E-state index is 11.2. The van der Waals surface area contributed by atoms with Crippen LogP contribution in [0.1, 0.15) is 24.5 Å². The fourth-order valence-corrected chi connectivity index (χ4v) is 1.67. The van der Waals surface area contributed by atoms with Crippen molar-refractivity contribution in [1.82, 2.24) is 5.32 Å². The molecule has 1 aromatic rings. The van der Waals surface area contributed by atoms with Crippen LogP contribution in [0.4, 0.5) is 5.69 Å². The Morgan fingerprint density at radius 3 is 2.62 bits per heavy atom. The Labute approximate surface area is 97.2 Å². The summed E-state index contributed by atoms with van der Waals surface area (Å²) in [7, 11) is 1.66. The molecule has 3 heteroatoms. The SMILES string of the molecule is CNC(=O)CC(C)Nc1ccc(C)cc1C. The Morgan fingerprint density at radius 2 is 2.06 bits per heavy atom. The Hall–Kier alpha value is -1.51. The predicted molar refractivity (Wildman–Crippen MR) is 67.7 cm³/mol. The largest absolute Gasteiger partial charge is 0.382 e. The molecule has 0 spiro atoms. The van der Waals surface area contributed by atoms with Crippen molar-refractivity contribution in [2.75, 3.05) is 12.4 Å². The molecule has 0 fully saturated rings. The van der Waals surface area contributed by atoms with Gasteiger partial charge in [-0.25, -0.2) is 0 Å². The summed E-state index contributed by atoms with van der Waals surface area (Å²) in [6.07, 6.45) is 0.490. The van der Waals surface area contributed by atoms with Crippen molar-refractivity contribution in [2.45, 2.75) is 33.2 Å². The molecule has 0 bridgehead atoms. The molecule has 1 rings (SSSR count). The predicted octanol–water partition coefficient (Wildman–Crippen LogP) is 2.24. The van der Waals surface area contributed by atoms with Crippen molar-refractivity contribution in [2.24, 2.45) is 0 Å². The molecule has 1 amide bonds. The van der Waals surface area contributed by atoms with Gasteiger partial charge >= 0.3 is 0 Å². The quantitative estimate of drug-likeness (QED) is 0.817. The van der Waals surface area contributed by atoms with Gasteiger partial charge < -0.3 is 10.6 Å². The summed E-state index contributed by atoms with van der Waals surface area (Å²) >= 11 is 0. The average Bonchev–Trinajstić information content (AvgIpc) is 2.22. The van der Waals surface area contributed by atoms with Crippen LogP contribution >= 0.6 is 0 Å². The first-order valence-electron chi connectivity index (χ1n) is 5.57. The summed E-state index contributed by atoms with van der Waals surface area (Å²) in [5, 5.41) is 5.97. The van der Waals surface area contributed by atoms with Crippen LogP contribution in [0.2, 0.25) is 0 Å². The van der Waals surface area contributed by atoms with Crippen LogP contribution in [-0.4, -0.2) is 19.0 Å². The molecular weight excluding hydrogens is 200 g/mol. The van der Waals surface area contributed by atoms with Crippen molar-refractivity contribution >= 4 is 11.6 Å². The van der Waals surface area contributed by atoms with Crippen LogP contribution in [0.3, 0.4) is 0 Å². The van der Waals surface area contributed by atoms with Crippen LogP contribution in [0.15, 0.2) is 18.2 Å². The van der Waals surface area contributed by atoms with Crippen molar-refractivity contribution in [3.8, 4) is 0 Å². The maximum atomic E-state index is 11.2. The highest BCUT2D eigenvalue weighted by molar-refractivity contribution is 5.76. The number of carbonyl (C=O) groups is 1. The first-order valence-corrected chi connectivity index (χ1v) is 5.57. The van der Waals surface area contributed by atoms with E-state index in [9.17, 15) is 4.79 Å². The number of aryl methyl sites for hydroxylation is 2. The second kappa shape index (κ2) is 5.54. The van der Waals surface area contributed by atoms with Gasteiger partial charge in [0.25, 0.3) is 0 Å². The third kappa shape index (κ3) is 3.57. The number of nitrogens with one attached hydrogen (secondary N) is 2. The van der Waals surface area contributed by atoms with E-state index in [-0.39, 0.29) is 11.9 Å². The molecule has 0 heterocycles. The minimum atomic E-state index is 0.0600. The minimum absolute atomic E-state index is 0.0600. The van der Waals surface area contributed by atoms with Crippen LogP contribution in [0.5, 0.6) is 0 Å². The second-order valence-corrected chi connectivity index (χ2v) is 4.24. The van der Waals surface area contributed by atoms with Gasteiger partial charge in [-0.3, -0.25) is 4.79 Å². The zero-order chi connectivity index (χ0) is 12.1. The Morgan fingerprint density at radius 1 is 1.38 bits per heavy atom. The van der Waals surface area contributed by atoms with E-state index in [2.05, 4.69) is 42.7 Å². The molecule has 3 nitrogen and oxygen atoms in total. The standard InChI is InChI=1S/C13H20N2O/c1-9-5-6-12(10(2)7-9)15-11(3)8-13(16)14-4/h5-7,11,15H,8H2,1-4H3,(H,14,16). The molecule has 0 aliphatic heterocycles. The molecule has 0 saturated heterocycles. The fourth-order valence-electron chi connectivity index (χ4n) is 1.67. The first-order chi connectivity index (χ1) is 7.52. The molecule has 0 radical (unpaired) electrons. The Kier molecular flexibility index (Phi) is 4.35. The number of hydrogen-bond acceptors (Lipinski definition) is 2. The summed E-state index contributed by atoms with van der Waals surface area (Å²) in [5.41, 5.74) is 3.56. The van der Waals surface area contributed by atoms with Gasteiger partial charge in [0.05, 0.1) is 0 Å². The number of carbonyl (C=O) groups excluding carboxylic acids is 1. The van der Waals surface area contributed by atoms with Crippen LogP contribution in [0.25, 0.3) is 0 Å². The van der Waals surface area contributed by atoms with E-state index in [1.807, 2.05) is 6.92 Å². The van der Waals surface area contributed by atoms with E-state index in [4.69, 9.17) is 0 Å². The highest BCUT2D eigenvalue weighted by atomic mass is 16.1. The molecule has 1 aromatic carbocycles. The van der Waals surface area contributed by atoms with E-state index in [0.29, 0.717) is 6.42 Å². The van der Waals surface area contributed by atoms with Gasteiger partial charge in [0.15, 0.2) is 0 Å². The fraction of sp³-hybridized carbons (Fsp3) is 0.462. The lowest BCUT2D eigenvalue weighted by Gasteiger charge is -2.16. The molecule has 0 saturated carbocycles. The molecule has 2 N–H and O–H groups in total. The molecular formula is C13H20N2O. The third-order valence-electron chi connectivity index (χ3n) is 2.55. The smallest absolute Gasteiger partial charge is 0.221 e. The number of benzene rings is 1. The van der Waals surface area contributed by atoms with Crippen molar-refractivity contribution < 1.29 is 4.79 Å². The summed E-state index contributed by atoms with van der Waals surface area (Å²) in [6.45, 7) is 6.15. The molecule has 16 heavy (non-hydrogen) atoms. The molecule has 0 aromatic heterocycles.